The fraction of sp³-hybridized carbons (Fsp3) is 0.625. The lowest BCUT2D eigenvalue weighted by Crippen LogP contribution is -2.41. The van der Waals surface area contributed by atoms with E-state index < -0.39 is 12.0 Å². The fourth-order valence-electron chi connectivity index (χ4n) is 1.18. The third-order valence-electron chi connectivity index (χ3n) is 1.95. The molecule has 1 rings (SSSR count). The van der Waals surface area contributed by atoms with E-state index in [0.717, 1.165) is 0 Å². The number of primary amides is 1. The van der Waals surface area contributed by atoms with E-state index in [2.05, 4.69) is 5.32 Å². The molecule has 0 aliphatic carbocycles. The molecular formula is C8H14N2O3. The van der Waals surface area contributed by atoms with Gasteiger partial charge in [-0.2, -0.15) is 0 Å². The van der Waals surface area contributed by atoms with Crippen LogP contribution in [0.1, 0.15) is 6.92 Å². The maximum atomic E-state index is 10.8. The molecule has 1 aliphatic rings. The van der Waals surface area contributed by atoms with Crippen molar-refractivity contribution in [3.05, 3.63) is 11.8 Å². The number of rotatable bonds is 3. The first-order valence-electron chi connectivity index (χ1n) is 4.13. The molecule has 5 heteroatoms. The van der Waals surface area contributed by atoms with Crippen LogP contribution in [0.3, 0.4) is 0 Å². The summed E-state index contributed by atoms with van der Waals surface area (Å²) in [5.74, 6) is -0.526. The van der Waals surface area contributed by atoms with Crippen LogP contribution in [-0.2, 0) is 9.53 Å². The van der Waals surface area contributed by atoms with E-state index in [0.29, 0.717) is 18.9 Å². The fourth-order valence-corrected chi connectivity index (χ4v) is 1.18. The van der Waals surface area contributed by atoms with Crippen LogP contribution in [0, 0.1) is 0 Å². The molecule has 0 radical (unpaired) electrons. The SMILES string of the molecule is CC=C(N[C@@H]1COC[C@H]1O)C(N)=O. The first-order chi connectivity index (χ1) is 6.15. The number of aliphatic hydroxyl groups is 1. The highest BCUT2D eigenvalue weighted by atomic mass is 16.5. The van der Waals surface area contributed by atoms with Gasteiger partial charge < -0.3 is 20.9 Å². The number of nitrogens with two attached hydrogens (primary N) is 1. The van der Waals surface area contributed by atoms with Crippen LogP contribution in [0.2, 0.25) is 0 Å². The van der Waals surface area contributed by atoms with Crippen LogP contribution in [0.15, 0.2) is 11.8 Å². The molecule has 1 heterocycles. The maximum absolute atomic E-state index is 10.8. The Labute approximate surface area is 76.6 Å². The smallest absolute Gasteiger partial charge is 0.264 e. The van der Waals surface area contributed by atoms with Crippen LogP contribution in [0.25, 0.3) is 0 Å². The summed E-state index contributed by atoms with van der Waals surface area (Å²) in [6, 6.07) is -0.237. The third kappa shape index (κ3) is 2.43. The zero-order chi connectivity index (χ0) is 9.84. The summed E-state index contributed by atoms with van der Waals surface area (Å²) in [4.78, 5) is 10.8. The number of carbonyl (C=O) groups is 1. The number of hydrogen-bond acceptors (Lipinski definition) is 4. The van der Waals surface area contributed by atoms with Gasteiger partial charge >= 0.3 is 0 Å². The number of allylic oxidation sites excluding steroid dienone is 1. The molecule has 1 aliphatic heterocycles. The Kier molecular flexibility index (Phi) is 3.27. The highest BCUT2D eigenvalue weighted by Gasteiger charge is 2.27. The normalized spacial score (nSPS) is 28.9. The summed E-state index contributed by atoms with van der Waals surface area (Å²) in [6.45, 7) is 2.40. The van der Waals surface area contributed by atoms with Crippen molar-refractivity contribution in [1.29, 1.82) is 0 Å². The van der Waals surface area contributed by atoms with Gasteiger partial charge in [0.05, 0.1) is 31.1 Å². The van der Waals surface area contributed by atoms with Crippen molar-refractivity contribution in [3.8, 4) is 0 Å². The lowest BCUT2D eigenvalue weighted by atomic mass is 10.2. The Morgan fingerprint density at radius 1 is 1.69 bits per heavy atom. The lowest BCUT2D eigenvalue weighted by Gasteiger charge is -2.16. The molecule has 1 saturated heterocycles. The maximum Gasteiger partial charge on any atom is 0.264 e. The van der Waals surface area contributed by atoms with Gasteiger partial charge in [0.1, 0.15) is 0 Å². The van der Waals surface area contributed by atoms with E-state index in [-0.39, 0.29) is 6.04 Å². The minimum Gasteiger partial charge on any atom is -0.388 e. The minimum atomic E-state index is -0.575. The summed E-state index contributed by atoms with van der Waals surface area (Å²) in [7, 11) is 0. The van der Waals surface area contributed by atoms with E-state index in [4.69, 9.17) is 10.5 Å². The Bertz CT molecular complexity index is 227. The van der Waals surface area contributed by atoms with Gasteiger partial charge in [0.15, 0.2) is 0 Å². The van der Waals surface area contributed by atoms with Gasteiger partial charge in [0.25, 0.3) is 5.91 Å². The molecule has 0 aromatic carbocycles. The highest BCUT2D eigenvalue weighted by Crippen LogP contribution is 2.06. The first-order valence-corrected chi connectivity index (χ1v) is 4.13. The molecule has 0 saturated carbocycles. The molecule has 74 valence electrons. The zero-order valence-corrected chi connectivity index (χ0v) is 7.49. The summed E-state index contributed by atoms with van der Waals surface area (Å²) in [5.41, 5.74) is 5.39. The molecule has 1 fully saturated rings. The second kappa shape index (κ2) is 4.25. The van der Waals surface area contributed by atoms with Gasteiger partial charge in [-0.1, -0.05) is 6.08 Å². The van der Waals surface area contributed by atoms with Crippen molar-refractivity contribution in [1.82, 2.24) is 5.32 Å². The highest BCUT2D eigenvalue weighted by molar-refractivity contribution is 5.91. The van der Waals surface area contributed by atoms with Gasteiger partial charge in [-0.25, -0.2) is 0 Å². The Morgan fingerprint density at radius 3 is 2.77 bits per heavy atom. The van der Waals surface area contributed by atoms with Crippen LogP contribution >= 0.6 is 0 Å². The second-order valence-corrected chi connectivity index (χ2v) is 2.92. The largest absolute Gasteiger partial charge is 0.388 e. The Morgan fingerprint density at radius 2 is 2.38 bits per heavy atom. The molecule has 13 heavy (non-hydrogen) atoms. The number of amides is 1. The van der Waals surface area contributed by atoms with E-state index in [1.165, 1.54) is 0 Å². The molecule has 0 aromatic rings. The predicted molar refractivity (Wildman–Crippen MR) is 46.7 cm³/mol. The molecular weight excluding hydrogens is 172 g/mol. The van der Waals surface area contributed by atoms with Crippen LogP contribution < -0.4 is 11.1 Å². The number of hydrogen-bond donors (Lipinski definition) is 3. The standard InChI is InChI=1S/C8H14N2O3/c1-2-5(8(9)12)10-6-3-13-4-7(6)11/h2,6-7,10-11H,3-4H2,1H3,(H2,9,12)/t6-,7-/m1/s1. The van der Waals surface area contributed by atoms with Crippen LogP contribution in [0.4, 0.5) is 0 Å². The number of aliphatic hydroxyl groups excluding tert-OH is 1. The Balaban J connectivity index is 2.51. The second-order valence-electron chi connectivity index (χ2n) is 2.92. The Hall–Kier alpha value is -1.07. The van der Waals surface area contributed by atoms with Crippen molar-refractivity contribution in [2.45, 2.75) is 19.1 Å². The topological polar surface area (TPSA) is 84.6 Å². The van der Waals surface area contributed by atoms with E-state index in [1.807, 2.05) is 0 Å². The van der Waals surface area contributed by atoms with E-state index in [1.54, 1.807) is 13.0 Å². The minimum absolute atomic E-state index is 0.237. The number of ether oxygens (including phenoxy) is 1. The quantitative estimate of drug-likeness (QED) is 0.479. The van der Waals surface area contributed by atoms with Crippen LogP contribution in [-0.4, -0.2) is 36.4 Å². The van der Waals surface area contributed by atoms with Gasteiger partial charge in [-0.3, -0.25) is 4.79 Å². The average Bonchev–Trinajstić information content (AvgIpc) is 2.46. The summed E-state index contributed by atoms with van der Waals surface area (Å²) < 4.78 is 5.00. The first kappa shape index (κ1) is 10.0. The van der Waals surface area contributed by atoms with Gasteiger partial charge in [-0.15, -0.1) is 0 Å². The molecule has 0 unspecified atom stereocenters. The van der Waals surface area contributed by atoms with Crippen molar-refractivity contribution >= 4 is 5.91 Å². The summed E-state index contributed by atoms with van der Waals surface area (Å²) >= 11 is 0. The molecule has 1 amide bonds. The van der Waals surface area contributed by atoms with Crippen molar-refractivity contribution in [3.63, 3.8) is 0 Å². The molecule has 0 aromatic heterocycles. The summed E-state index contributed by atoms with van der Waals surface area (Å²) in [6.07, 6.45) is 1.00. The van der Waals surface area contributed by atoms with Crippen molar-refractivity contribution in [2.75, 3.05) is 13.2 Å². The van der Waals surface area contributed by atoms with Gasteiger partial charge in [0.2, 0.25) is 0 Å². The molecule has 5 nitrogen and oxygen atoms in total. The predicted octanol–water partition coefficient (Wildman–Crippen LogP) is -1.28. The number of nitrogens with one attached hydrogen (secondary N) is 1. The number of carbonyl (C=O) groups excluding carboxylic acids is 1. The summed E-state index contributed by atoms with van der Waals surface area (Å²) in [5, 5.41) is 12.2. The van der Waals surface area contributed by atoms with E-state index in [9.17, 15) is 9.90 Å². The molecule has 0 bridgehead atoms. The lowest BCUT2D eigenvalue weighted by molar-refractivity contribution is -0.115. The zero-order valence-electron chi connectivity index (χ0n) is 7.49. The van der Waals surface area contributed by atoms with Gasteiger partial charge in [0, 0.05) is 0 Å². The third-order valence-corrected chi connectivity index (χ3v) is 1.95. The molecule has 4 N–H and O–H groups in total. The van der Waals surface area contributed by atoms with Crippen molar-refractivity contribution in [2.24, 2.45) is 5.73 Å². The molecule has 0 spiro atoms. The van der Waals surface area contributed by atoms with Gasteiger partial charge in [-0.05, 0) is 6.92 Å². The average molecular weight is 186 g/mol. The molecule has 2 atom stereocenters. The monoisotopic (exact) mass is 186 g/mol. The van der Waals surface area contributed by atoms with Crippen LogP contribution in [0.5, 0.6) is 0 Å². The van der Waals surface area contributed by atoms with Crippen molar-refractivity contribution < 1.29 is 14.6 Å². The van der Waals surface area contributed by atoms with E-state index >= 15 is 0 Å².